The van der Waals surface area contributed by atoms with Crippen molar-refractivity contribution >= 4 is 43.4 Å². The smallest absolute Gasteiger partial charge is 0.287 e. The van der Waals surface area contributed by atoms with Crippen molar-refractivity contribution in [2.24, 2.45) is 0 Å². The number of halogens is 1. The summed E-state index contributed by atoms with van der Waals surface area (Å²) in [6, 6.07) is 7.42. The molecule has 0 aliphatic carbocycles. The first-order valence-corrected chi connectivity index (χ1v) is 11.3. The fourth-order valence-corrected chi connectivity index (χ4v) is 5.17. The number of hydrogen-bond donors (Lipinski definition) is 0. The van der Waals surface area contributed by atoms with Crippen LogP contribution in [0.15, 0.2) is 29.1 Å². The molecule has 5 rings (SSSR count). The van der Waals surface area contributed by atoms with E-state index >= 15 is 0 Å². The van der Waals surface area contributed by atoms with Gasteiger partial charge in [-0.15, -0.1) is 16.4 Å². The Balaban J connectivity index is 1.53. The number of thiophene rings is 1. The van der Waals surface area contributed by atoms with Gasteiger partial charge in [-0.05, 0) is 57.1 Å². The zero-order chi connectivity index (χ0) is 20.7. The van der Waals surface area contributed by atoms with Gasteiger partial charge in [-0.25, -0.2) is 14.6 Å². The van der Waals surface area contributed by atoms with Gasteiger partial charge in [-0.2, -0.15) is 0 Å². The molecule has 30 heavy (non-hydrogen) atoms. The van der Waals surface area contributed by atoms with Gasteiger partial charge in [-0.1, -0.05) is 23.2 Å². The Morgan fingerprint density at radius 2 is 1.83 bits per heavy atom. The van der Waals surface area contributed by atoms with Crippen LogP contribution < -0.4 is 5.56 Å². The highest BCUT2D eigenvalue weighted by molar-refractivity contribution is 7.25. The molecular weight excluding hydrogens is 420 g/mol. The number of hydrogen-bond acceptors (Lipinski definition) is 7. The molecule has 0 bridgehead atoms. The van der Waals surface area contributed by atoms with Crippen LogP contribution in [-0.4, -0.2) is 49.5 Å². The first-order valence-electron chi connectivity index (χ1n) is 10.1. The fraction of sp³-hybridized carbons (Fsp3) is 0.381. The summed E-state index contributed by atoms with van der Waals surface area (Å²) in [6.07, 6.45) is 3.75. The molecule has 1 aliphatic rings. The predicted octanol–water partition coefficient (Wildman–Crippen LogP) is 3.91. The van der Waals surface area contributed by atoms with Gasteiger partial charge in [0.05, 0.1) is 17.6 Å². The number of piperidine rings is 1. The van der Waals surface area contributed by atoms with E-state index < -0.39 is 0 Å². The van der Waals surface area contributed by atoms with E-state index in [2.05, 4.69) is 20.2 Å². The molecule has 1 aliphatic heterocycles. The number of likely N-dealkylation sites (tertiary alicyclic amines) is 1. The third-order valence-corrected chi connectivity index (χ3v) is 6.88. The molecule has 0 saturated carbocycles. The second kappa shape index (κ2) is 8.02. The van der Waals surface area contributed by atoms with E-state index in [1.165, 1.54) is 35.3 Å². The van der Waals surface area contributed by atoms with Gasteiger partial charge in [0.25, 0.3) is 5.56 Å². The summed E-state index contributed by atoms with van der Waals surface area (Å²) in [5.74, 6) is 0.613. The Hall–Kier alpha value is -2.42. The van der Waals surface area contributed by atoms with Crippen molar-refractivity contribution in [2.75, 3.05) is 19.6 Å². The summed E-state index contributed by atoms with van der Waals surface area (Å²) in [4.78, 5) is 25.6. The number of benzene rings is 1. The molecule has 4 aromatic rings. The molecule has 1 fully saturated rings. The molecule has 0 radical (unpaired) electrons. The second-order valence-electron chi connectivity index (χ2n) is 7.62. The van der Waals surface area contributed by atoms with Gasteiger partial charge in [0.1, 0.15) is 15.0 Å². The van der Waals surface area contributed by atoms with Crippen LogP contribution in [0.1, 0.15) is 25.0 Å². The topological polar surface area (TPSA) is 76.8 Å². The van der Waals surface area contributed by atoms with Crippen LogP contribution in [0.25, 0.3) is 31.8 Å². The highest BCUT2D eigenvalue weighted by Gasteiger charge is 2.18. The lowest BCUT2D eigenvalue weighted by atomic mass is 10.1. The number of aromatic nitrogens is 5. The van der Waals surface area contributed by atoms with Crippen LogP contribution in [0.4, 0.5) is 0 Å². The Morgan fingerprint density at radius 1 is 1.07 bits per heavy atom. The van der Waals surface area contributed by atoms with Crippen molar-refractivity contribution in [1.82, 2.24) is 29.9 Å². The van der Waals surface area contributed by atoms with Gasteiger partial charge in [0.2, 0.25) is 0 Å². The van der Waals surface area contributed by atoms with Crippen molar-refractivity contribution in [2.45, 2.75) is 32.7 Å². The van der Waals surface area contributed by atoms with Crippen molar-refractivity contribution in [1.29, 1.82) is 0 Å². The summed E-state index contributed by atoms with van der Waals surface area (Å²) >= 11 is 7.36. The van der Waals surface area contributed by atoms with Crippen molar-refractivity contribution in [3.63, 3.8) is 0 Å². The van der Waals surface area contributed by atoms with E-state index in [0.717, 1.165) is 41.1 Å². The molecule has 0 unspecified atom stereocenters. The quantitative estimate of drug-likeness (QED) is 0.478. The lowest BCUT2D eigenvalue weighted by Gasteiger charge is -2.26. The van der Waals surface area contributed by atoms with Crippen LogP contribution in [0, 0.1) is 6.92 Å². The van der Waals surface area contributed by atoms with E-state index in [1.54, 1.807) is 0 Å². The molecule has 0 N–H and O–H groups in total. The molecule has 0 spiro atoms. The standard InChI is InChI=1S/C21H21ClN6OS/c1-13-16-17-18(21(29)28(26-25-17)12-11-27-9-3-2-4-10-27)30-20(16)24-19(23-13)14-5-7-15(22)8-6-14/h5-8H,2-4,9-12H2,1H3. The van der Waals surface area contributed by atoms with E-state index in [0.29, 0.717) is 27.6 Å². The van der Waals surface area contributed by atoms with Crippen molar-refractivity contribution < 1.29 is 0 Å². The van der Waals surface area contributed by atoms with E-state index in [1.807, 2.05) is 31.2 Å². The van der Waals surface area contributed by atoms with E-state index in [-0.39, 0.29) is 5.56 Å². The van der Waals surface area contributed by atoms with E-state index in [4.69, 9.17) is 16.6 Å². The van der Waals surface area contributed by atoms with Gasteiger partial charge in [0, 0.05) is 17.1 Å². The molecule has 9 heteroatoms. The third-order valence-electron chi connectivity index (χ3n) is 5.57. The van der Waals surface area contributed by atoms with Crippen LogP contribution in [0.5, 0.6) is 0 Å². The monoisotopic (exact) mass is 440 g/mol. The Bertz CT molecular complexity index is 1280. The molecule has 4 heterocycles. The zero-order valence-electron chi connectivity index (χ0n) is 16.6. The van der Waals surface area contributed by atoms with Gasteiger partial charge < -0.3 is 4.90 Å². The summed E-state index contributed by atoms with van der Waals surface area (Å²) in [6.45, 7) is 5.48. The predicted molar refractivity (Wildman–Crippen MR) is 120 cm³/mol. The van der Waals surface area contributed by atoms with Gasteiger partial charge in [-0.3, -0.25) is 4.79 Å². The molecule has 3 aromatic heterocycles. The minimum absolute atomic E-state index is 0.104. The van der Waals surface area contributed by atoms with Gasteiger partial charge in [0.15, 0.2) is 5.82 Å². The molecular formula is C21H21ClN6OS. The largest absolute Gasteiger partial charge is 0.301 e. The van der Waals surface area contributed by atoms with Crippen LogP contribution in [-0.2, 0) is 6.54 Å². The molecule has 154 valence electrons. The van der Waals surface area contributed by atoms with Gasteiger partial charge >= 0.3 is 0 Å². The van der Waals surface area contributed by atoms with Crippen LogP contribution >= 0.6 is 22.9 Å². The average Bonchev–Trinajstić information content (AvgIpc) is 3.14. The normalized spacial score (nSPS) is 15.3. The lowest BCUT2D eigenvalue weighted by Crippen LogP contribution is -2.35. The highest BCUT2D eigenvalue weighted by atomic mass is 35.5. The van der Waals surface area contributed by atoms with E-state index in [9.17, 15) is 4.79 Å². The maximum atomic E-state index is 13.1. The molecule has 7 nitrogen and oxygen atoms in total. The van der Waals surface area contributed by atoms with Crippen LogP contribution in [0.3, 0.4) is 0 Å². The maximum absolute atomic E-state index is 13.1. The SMILES string of the molecule is Cc1nc(-c2ccc(Cl)cc2)nc2sc3c(=O)n(CCN4CCCCC4)nnc3c12. The maximum Gasteiger partial charge on any atom is 0.287 e. The molecule has 0 amide bonds. The van der Waals surface area contributed by atoms with Crippen molar-refractivity contribution in [3.05, 3.63) is 45.3 Å². The summed E-state index contributed by atoms with van der Waals surface area (Å²) in [5, 5.41) is 10.1. The third kappa shape index (κ3) is 3.59. The number of fused-ring (bicyclic) bond motifs is 3. The average molecular weight is 441 g/mol. The molecule has 0 atom stereocenters. The molecule has 1 saturated heterocycles. The number of aryl methyl sites for hydroxylation is 1. The highest BCUT2D eigenvalue weighted by Crippen LogP contribution is 2.32. The minimum atomic E-state index is -0.104. The molecule has 1 aromatic carbocycles. The zero-order valence-corrected chi connectivity index (χ0v) is 18.2. The second-order valence-corrected chi connectivity index (χ2v) is 9.06. The minimum Gasteiger partial charge on any atom is -0.301 e. The number of nitrogens with zero attached hydrogens (tertiary/aromatic N) is 6. The summed E-state index contributed by atoms with van der Waals surface area (Å²) in [5.41, 5.74) is 2.16. The first-order chi connectivity index (χ1) is 14.6. The Labute approximate surface area is 182 Å². The summed E-state index contributed by atoms with van der Waals surface area (Å²) < 4.78 is 2.07. The fourth-order valence-electron chi connectivity index (χ4n) is 3.94. The lowest BCUT2D eigenvalue weighted by molar-refractivity contribution is 0.216. The first kappa shape index (κ1) is 19.5. The Kier molecular flexibility index (Phi) is 5.22. The van der Waals surface area contributed by atoms with Crippen molar-refractivity contribution in [3.8, 4) is 11.4 Å². The Morgan fingerprint density at radius 3 is 2.60 bits per heavy atom. The summed E-state index contributed by atoms with van der Waals surface area (Å²) in [7, 11) is 0. The van der Waals surface area contributed by atoms with Crippen LogP contribution in [0.2, 0.25) is 5.02 Å². The number of rotatable bonds is 4.